The van der Waals surface area contributed by atoms with E-state index in [0.717, 1.165) is 0 Å². The Balaban J connectivity index is -0.00000000655. The lowest BCUT2D eigenvalue weighted by molar-refractivity contribution is 1.50. The second-order valence-electron chi connectivity index (χ2n) is 0. The standard InChI is InChI=1S/6C2H6.CH4/c6*1-2;/h6*1-2H3;1H4. The Morgan fingerprint density at radius 2 is 0.231 bits per heavy atom. The van der Waals surface area contributed by atoms with Gasteiger partial charge in [0.1, 0.15) is 0 Å². The molecule has 92 valence electrons. The van der Waals surface area contributed by atoms with Crippen LogP contribution in [-0.4, -0.2) is 0 Å². The maximum absolute atomic E-state index is 2.00. The topological polar surface area (TPSA) is 0 Å². The normalized spacial score (nSPS) is 2.77. The van der Waals surface area contributed by atoms with E-state index in [9.17, 15) is 0 Å². The minimum absolute atomic E-state index is 0. The van der Waals surface area contributed by atoms with Crippen molar-refractivity contribution in [1.29, 1.82) is 0 Å². The van der Waals surface area contributed by atoms with Gasteiger partial charge in [-0.1, -0.05) is 90.5 Å². The Kier molecular flexibility index (Phi) is 0. The molecule has 0 saturated carbocycles. The summed E-state index contributed by atoms with van der Waals surface area (Å²) >= 11 is 0. The van der Waals surface area contributed by atoms with Crippen LogP contribution in [0.25, 0.3) is 0 Å². The number of hydrogen-bond donors (Lipinski definition) is 0. The van der Waals surface area contributed by atoms with E-state index >= 15 is 0 Å². The summed E-state index contributed by atoms with van der Waals surface area (Å²) < 4.78 is 0. The van der Waals surface area contributed by atoms with Gasteiger partial charge >= 0.3 is 0 Å². The average molecular weight is 196 g/mol. The minimum Gasteiger partial charge on any atom is -0.0776 e. The first-order valence-corrected chi connectivity index (χ1v) is 6.00. The number of rotatable bonds is 0. The fourth-order valence-corrected chi connectivity index (χ4v) is 0. The van der Waals surface area contributed by atoms with Gasteiger partial charge in [-0.15, -0.1) is 0 Å². The van der Waals surface area contributed by atoms with Crippen LogP contribution in [0.2, 0.25) is 0 Å². The van der Waals surface area contributed by atoms with Gasteiger partial charge in [0, 0.05) is 0 Å². The summed E-state index contributed by atoms with van der Waals surface area (Å²) in [5.74, 6) is 0. The molecular formula is C13H40. The molecule has 0 aliphatic heterocycles. The molecule has 0 aromatic rings. The second kappa shape index (κ2) is 0. The average Bonchev–Trinajstić information content (AvgIpc) is 2.33. The highest BCUT2D eigenvalue weighted by atomic mass is 13.0. The third kappa shape index (κ3) is 0. The molecule has 0 spiro atoms. The zero-order chi connectivity index (χ0) is 12.0. The first kappa shape index (κ1) is 52.0. The zero-order valence-corrected chi connectivity index (χ0v) is 12.0. The van der Waals surface area contributed by atoms with Gasteiger partial charge in [0.25, 0.3) is 0 Å². The van der Waals surface area contributed by atoms with E-state index in [4.69, 9.17) is 0 Å². The minimum atomic E-state index is 0. The predicted octanol–water partition coefficient (Wildman–Crippen LogP) is 6.79. The Morgan fingerprint density at radius 3 is 0.231 bits per heavy atom. The smallest absolute Gasteiger partial charge is 0.0683 e. The summed E-state index contributed by atoms with van der Waals surface area (Å²) in [7, 11) is 0. The first-order chi connectivity index (χ1) is 6.00. The van der Waals surface area contributed by atoms with E-state index in [1.165, 1.54) is 0 Å². The van der Waals surface area contributed by atoms with E-state index in [1.54, 1.807) is 0 Å². The van der Waals surface area contributed by atoms with Crippen LogP contribution in [0.4, 0.5) is 0 Å². The molecule has 0 aliphatic rings. The molecule has 0 fully saturated rings. The molecule has 13 heavy (non-hydrogen) atoms. The predicted molar refractivity (Wildman–Crippen MR) is 74.8 cm³/mol. The van der Waals surface area contributed by atoms with Crippen LogP contribution >= 0.6 is 0 Å². The van der Waals surface area contributed by atoms with Crippen LogP contribution in [-0.2, 0) is 0 Å². The summed E-state index contributed by atoms with van der Waals surface area (Å²) in [4.78, 5) is 0. The van der Waals surface area contributed by atoms with E-state index in [2.05, 4.69) is 0 Å². The molecule has 0 atom stereocenters. The Hall–Kier alpha value is 0. The van der Waals surface area contributed by atoms with E-state index in [1.807, 2.05) is 83.1 Å². The second-order valence-corrected chi connectivity index (χ2v) is 0. The van der Waals surface area contributed by atoms with Crippen molar-refractivity contribution in [2.24, 2.45) is 0 Å². The summed E-state index contributed by atoms with van der Waals surface area (Å²) in [6.45, 7) is 24.0. The molecule has 0 bridgehead atoms. The molecular weight excluding hydrogens is 156 g/mol. The quantitative estimate of drug-likeness (QED) is 0.400. The van der Waals surface area contributed by atoms with Crippen molar-refractivity contribution < 1.29 is 0 Å². The van der Waals surface area contributed by atoms with Gasteiger partial charge in [-0.3, -0.25) is 0 Å². The largest absolute Gasteiger partial charge is 0.0776 e. The zero-order valence-electron chi connectivity index (χ0n) is 12.0. The summed E-state index contributed by atoms with van der Waals surface area (Å²) in [5, 5.41) is 0. The van der Waals surface area contributed by atoms with Crippen molar-refractivity contribution >= 4 is 0 Å². The van der Waals surface area contributed by atoms with Gasteiger partial charge in [-0.2, -0.15) is 0 Å². The van der Waals surface area contributed by atoms with Gasteiger partial charge in [0.15, 0.2) is 0 Å². The third-order valence-electron chi connectivity index (χ3n) is 0. The van der Waals surface area contributed by atoms with E-state index in [-0.39, 0.29) is 7.43 Å². The molecule has 0 amide bonds. The SMILES string of the molecule is C.CC.CC.CC.CC.CC.CC. The highest BCUT2D eigenvalue weighted by Gasteiger charge is 0.942. The summed E-state index contributed by atoms with van der Waals surface area (Å²) in [6, 6.07) is 0. The molecule has 0 rings (SSSR count). The Bertz CT molecular complexity index is 0. The Labute approximate surface area is 91.2 Å². The van der Waals surface area contributed by atoms with Crippen molar-refractivity contribution in [3.05, 3.63) is 0 Å². The molecule has 0 aliphatic carbocycles. The van der Waals surface area contributed by atoms with Gasteiger partial charge < -0.3 is 0 Å². The van der Waals surface area contributed by atoms with Crippen LogP contribution in [0.3, 0.4) is 0 Å². The lowest BCUT2D eigenvalue weighted by atomic mass is 11.0. The van der Waals surface area contributed by atoms with Crippen molar-refractivity contribution in [3.8, 4) is 0 Å². The summed E-state index contributed by atoms with van der Waals surface area (Å²) in [6.07, 6.45) is 0. The van der Waals surface area contributed by atoms with Crippen LogP contribution in [0, 0.1) is 0 Å². The van der Waals surface area contributed by atoms with Gasteiger partial charge in [-0.25, -0.2) is 0 Å². The molecule has 0 heterocycles. The maximum atomic E-state index is 2.00. The molecule has 0 aromatic heterocycles. The van der Waals surface area contributed by atoms with Crippen LogP contribution < -0.4 is 0 Å². The first-order valence-electron chi connectivity index (χ1n) is 6.00. The number of hydrogen-bond acceptors (Lipinski definition) is 0. The van der Waals surface area contributed by atoms with Crippen molar-refractivity contribution in [3.63, 3.8) is 0 Å². The highest BCUT2D eigenvalue weighted by molar-refractivity contribution is 3.51. The Morgan fingerprint density at radius 1 is 0.231 bits per heavy atom. The molecule has 0 aromatic carbocycles. The highest BCUT2D eigenvalue weighted by Crippen LogP contribution is 1.15. The van der Waals surface area contributed by atoms with Crippen molar-refractivity contribution in [2.75, 3.05) is 0 Å². The third-order valence-corrected chi connectivity index (χ3v) is 0. The van der Waals surface area contributed by atoms with Crippen LogP contribution in [0.1, 0.15) is 90.5 Å². The maximum Gasteiger partial charge on any atom is -0.0683 e. The fraction of sp³-hybridized carbons (Fsp3) is 1.00. The van der Waals surface area contributed by atoms with Crippen molar-refractivity contribution in [2.45, 2.75) is 90.5 Å². The lowest BCUT2D eigenvalue weighted by Gasteiger charge is -1.07. The summed E-state index contributed by atoms with van der Waals surface area (Å²) in [5.41, 5.74) is 0. The van der Waals surface area contributed by atoms with Crippen molar-refractivity contribution in [1.82, 2.24) is 0 Å². The van der Waals surface area contributed by atoms with Gasteiger partial charge in [0.2, 0.25) is 0 Å². The molecule has 0 nitrogen and oxygen atoms in total. The van der Waals surface area contributed by atoms with E-state index in [0.29, 0.717) is 0 Å². The molecule has 0 radical (unpaired) electrons. The monoisotopic (exact) mass is 196 g/mol. The van der Waals surface area contributed by atoms with Gasteiger partial charge in [0.05, 0.1) is 0 Å². The fourth-order valence-electron chi connectivity index (χ4n) is 0. The lowest BCUT2D eigenvalue weighted by Crippen LogP contribution is -0.856. The van der Waals surface area contributed by atoms with E-state index < -0.39 is 0 Å². The molecule has 0 unspecified atom stereocenters. The molecule has 0 saturated heterocycles. The molecule has 0 heteroatoms. The van der Waals surface area contributed by atoms with Gasteiger partial charge in [-0.05, 0) is 0 Å². The van der Waals surface area contributed by atoms with Crippen LogP contribution in [0.15, 0.2) is 0 Å². The van der Waals surface area contributed by atoms with Crippen LogP contribution in [0.5, 0.6) is 0 Å². The molecule has 0 N–H and O–H groups in total.